The van der Waals surface area contributed by atoms with Gasteiger partial charge in [0.1, 0.15) is 23.6 Å². The van der Waals surface area contributed by atoms with Crippen LogP contribution in [0.15, 0.2) is 90.6 Å². The Hall–Kier alpha value is -4.67. The maximum absolute atomic E-state index is 13.1. The van der Waals surface area contributed by atoms with Crippen LogP contribution in [0.4, 0.5) is 5.69 Å². The number of hydrogen-bond acceptors (Lipinski definition) is 8. The number of aliphatic hydroxyl groups excluding tert-OH is 1. The van der Waals surface area contributed by atoms with Crippen molar-refractivity contribution in [1.82, 2.24) is 5.32 Å². The van der Waals surface area contributed by atoms with E-state index in [1.807, 2.05) is 12.2 Å². The second-order valence-electron chi connectivity index (χ2n) is 11.3. The van der Waals surface area contributed by atoms with E-state index in [1.54, 1.807) is 81.5 Å². The number of ether oxygens (including phenoxy) is 2. The minimum atomic E-state index is -0.966. The predicted octanol–water partition coefficient (Wildman–Crippen LogP) is 5.12. The molecule has 4 unspecified atom stereocenters. The fourth-order valence-electron chi connectivity index (χ4n) is 4.93. The number of aryl methyl sites for hydroxylation is 1. The molecule has 0 aromatic heterocycles. The molecule has 2 amide bonds. The number of carbonyl (C=O) groups excluding carboxylic acids is 3. The second-order valence-corrected chi connectivity index (χ2v) is 11.3. The maximum Gasteiger partial charge on any atom is 0.328 e. The van der Waals surface area contributed by atoms with Crippen LogP contribution in [-0.2, 0) is 25.5 Å². The van der Waals surface area contributed by atoms with Gasteiger partial charge in [0.15, 0.2) is 0 Å². The molecule has 5 atom stereocenters. The van der Waals surface area contributed by atoms with Gasteiger partial charge in [-0.2, -0.15) is 0 Å². The zero-order valence-electron chi connectivity index (χ0n) is 26.7. The van der Waals surface area contributed by atoms with E-state index in [0.717, 1.165) is 0 Å². The topological polar surface area (TPSA) is 154 Å². The third-order valence-electron chi connectivity index (χ3n) is 7.74. The Morgan fingerprint density at radius 3 is 2.50 bits per heavy atom. The highest BCUT2D eigenvalue weighted by atomic mass is 16.5. The molecule has 3 rings (SSSR count). The summed E-state index contributed by atoms with van der Waals surface area (Å²) >= 11 is 0. The molecule has 2 aromatic rings. The molecule has 1 heterocycles. The molecule has 0 radical (unpaired) electrons. The maximum atomic E-state index is 13.1. The average molecular weight is 633 g/mol. The molecule has 0 saturated heterocycles. The molecule has 0 saturated carbocycles. The number of fused-ring (bicyclic) bond motifs is 2. The summed E-state index contributed by atoms with van der Waals surface area (Å²) in [6.45, 7) is 5.10. The number of phenolic OH excluding ortho intramolecular Hbond substituents is 2. The molecule has 2 bridgehead atoms. The SMILES string of the molecule is COC1C=C/C=C\C=C/CC(OC(=O)[C@H](C)NC(=O)c2ccccc2)C(C)C(O)/C(C)=C\CCc2cc(O)cc(c2O)NC(=O)C1. The number of amides is 2. The molecule has 1 aliphatic rings. The third kappa shape index (κ3) is 10.7. The Morgan fingerprint density at radius 2 is 1.78 bits per heavy atom. The van der Waals surface area contributed by atoms with Gasteiger partial charge in [-0.15, -0.1) is 0 Å². The molecule has 1 aliphatic heterocycles. The van der Waals surface area contributed by atoms with Gasteiger partial charge in [-0.05, 0) is 56.0 Å². The average Bonchev–Trinajstić information content (AvgIpc) is 3.04. The van der Waals surface area contributed by atoms with Gasteiger partial charge in [0.2, 0.25) is 5.91 Å². The van der Waals surface area contributed by atoms with Gasteiger partial charge in [-0.1, -0.05) is 67.7 Å². The third-order valence-corrected chi connectivity index (χ3v) is 7.74. The van der Waals surface area contributed by atoms with Gasteiger partial charge < -0.3 is 35.4 Å². The van der Waals surface area contributed by atoms with Crippen LogP contribution in [0.5, 0.6) is 11.5 Å². The van der Waals surface area contributed by atoms with E-state index in [9.17, 15) is 29.7 Å². The van der Waals surface area contributed by atoms with E-state index in [1.165, 1.54) is 19.2 Å². The summed E-state index contributed by atoms with van der Waals surface area (Å²) < 4.78 is 11.2. The first-order valence-electron chi connectivity index (χ1n) is 15.3. The van der Waals surface area contributed by atoms with E-state index in [4.69, 9.17) is 9.47 Å². The number of phenols is 2. The molecule has 0 aliphatic carbocycles. The van der Waals surface area contributed by atoms with Crippen LogP contribution in [0.2, 0.25) is 0 Å². The Bertz CT molecular complexity index is 1460. The van der Waals surface area contributed by atoms with Gasteiger partial charge in [0.05, 0.1) is 24.3 Å². The first-order valence-corrected chi connectivity index (χ1v) is 15.3. The molecule has 46 heavy (non-hydrogen) atoms. The first kappa shape index (κ1) is 35.8. The summed E-state index contributed by atoms with van der Waals surface area (Å²) in [4.78, 5) is 38.4. The van der Waals surface area contributed by atoms with Crippen molar-refractivity contribution in [3.8, 4) is 11.5 Å². The molecular formula is C36H44N2O8. The lowest BCUT2D eigenvalue weighted by atomic mass is 9.90. The highest BCUT2D eigenvalue weighted by Crippen LogP contribution is 2.34. The fourth-order valence-corrected chi connectivity index (χ4v) is 4.93. The van der Waals surface area contributed by atoms with Crippen LogP contribution in [0.1, 0.15) is 56.0 Å². The number of aromatic hydroxyl groups is 2. The number of esters is 1. The Balaban J connectivity index is 1.84. The minimum Gasteiger partial charge on any atom is -0.508 e. The lowest BCUT2D eigenvalue weighted by Crippen LogP contribution is -2.43. The Morgan fingerprint density at radius 1 is 1.07 bits per heavy atom. The van der Waals surface area contributed by atoms with Gasteiger partial charge in [0.25, 0.3) is 5.91 Å². The Kier molecular flexibility index (Phi) is 13.8. The number of methoxy groups -OCH3 is 1. The van der Waals surface area contributed by atoms with E-state index in [-0.39, 0.29) is 23.6 Å². The van der Waals surface area contributed by atoms with Gasteiger partial charge in [0, 0.05) is 31.1 Å². The quantitative estimate of drug-likeness (QED) is 0.132. The summed E-state index contributed by atoms with van der Waals surface area (Å²) in [5.41, 5.74) is 1.56. The number of hydrogen-bond donors (Lipinski definition) is 5. The van der Waals surface area contributed by atoms with Crippen LogP contribution in [0, 0.1) is 5.92 Å². The highest BCUT2D eigenvalue weighted by Gasteiger charge is 2.30. The molecule has 5 N–H and O–H groups in total. The molecular weight excluding hydrogens is 588 g/mol. The number of nitrogens with one attached hydrogen (secondary N) is 2. The zero-order chi connectivity index (χ0) is 33.6. The van der Waals surface area contributed by atoms with Crippen LogP contribution in [0.25, 0.3) is 0 Å². The predicted molar refractivity (Wildman–Crippen MR) is 176 cm³/mol. The molecule has 10 nitrogen and oxygen atoms in total. The number of anilines is 1. The number of aliphatic hydroxyl groups is 1. The van der Waals surface area contributed by atoms with Crippen LogP contribution < -0.4 is 10.6 Å². The van der Waals surface area contributed by atoms with Crippen molar-refractivity contribution in [2.24, 2.45) is 5.92 Å². The minimum absolute atomic E-state index is 0.0178. The zero-order valence-corrected chi connectivity index (χ0v) is 26.7. The van der Waals surface area contributed by atoms with Crippen molar-refractivity contribution in [3.63, 3.8) is 0 Å². The van der Waals surface area contributed by atoms with Gasteiger partial charge in [-0.25, -0.2) is 4.79 Å². The second kappa shape index (κ2) is 17.7. The lowest BCUT2D eigenvalue weighted by molar-refractivity contribution is -0.155. The largest absolute Gasteiger partial charge is 0.508 e. The van der Waals surface area contributed by atoms with E-state index >= 15 is 0 Å². The normalized spacial score (nSPS) is 24.6. The van der Waals surface area contributed by atoms with Crippen molar-refractivity contribution >= 4 is 23.5 Å². The Labute approximate surface area is 270 Å². The molecule has 246 valence electrons. The van der Waals surface area contributed by atoms with Crippen molar-refractivity contribution in [2.45, 2.75) is 70.8 Å². The monoisotopic (exact) mass is 632 g/mol. The lowest BCUT2D eigenvalue weighted by Gasteiger charge is -2.29. The molecule has 2 aromatic carbocycles. The standard InChI is InChI=1S/C36H44N2O8/c1-23-14-13-17-27-20-28(39)21-30(34(27)42)38-32(40)22-29(45-4)18-11-6-5-7-12-19-31(24(2)33(23)41)46-36(44)25(3)37-35(43)26-15-9-8-10-16-26/h5-12,14-16,18,20-21,24-25,29,31,33,39,41-42H,13,17,19,22H2,1-4H3,(H,37,43)(H,38,40)/b6-5-,12-7-,18-11?,23-14-/t24?,25-,29?,31?,33?/m0/s1. The summed E-state index contributed by atoms with van der Waals surface area (Å²) in [7, 11) is 1.48. The summed E-state index contributed by atoms with van der Waals surface area (Å²) in [6.07, 6.45) is 11.2. The summed E-state index contributed by atoms with van der Waals surface area (Å²) in [5, 5.41) is 37.6. The smallest absolute Gasteiger partial charge is 0.328 e. The van der Waals surface area contributed by atoms with Gasteiger partial charge >= 0.3 is 5.97 Å². The van der Waals surface area contributed by atoms with E-state index in [0.29, 0.717) is 36.0 Å². The molecule has 0 spiro atoms. The summed E-state index contributed by atoms with van der Waals surface area (Å²) in [5.74, 6) is -2.22. The fraction of sp³-hybridized carbons (Fsp3) is 0.361. The first-order chi connectivity index (χ1) is 22.0. The van der Waals surface area contributed by atoms with E-state index < -0.39 is 48.1 Å². The van der Waals surface area contributed by atoms with Crippen LogP contribution >= 0.6 is 0 Å². The molecule has 0 fully saturated rings. The van der Waals surface area contributed by atoms with Crippen molar-refractivity contribution in [2.75, 3.05) is 12.4 Å². The summed E-state index contributed by atoms with van der Waals surface area (Å²) in [6, 6.07) is 10.3. The van der Waals surface area contributed by atoms with Crippen molar-refractivity contribution < 1.29 is 39.2 Å². The van der Waals surface area contributed by atoms with E-state index in [2.05, 4.69) is 10.6 Å². The number of benzene rings is 2. The van der Waals surface area contributed by atoms with Gasteiger partial charge in [-0.3, -0.25) is 9.59 Å². The number of carbonyl (C=O) groups is 3. The highest BCUT2D eigenvalue weighted by molar-refractivity contribution is 5.96. The van der Waals surface area contributed by atoms with Crippen molar-refractivity contribution in [3.05, 3.63) is 102 Å². The van der Waals surface area contributed by atoms with Crippen molar-refractivity contribution in [1.29, 1.82) is 0 Å². The van der Waals surface area contributed by atoms with Crippen LogP contribution in [-0.4, -0.2) is 64.6 Å². The number of allylic oxidation sites excluding steroid dienone is 5. The number of rotatable bonds is 5. The molecule has 10 heteroatoms. The van der Waals surface area contributed by atoms with Crippen LogP contribution in [0.3, 0.4) is 0 Å².